The number of amides is 3. The lowest BCUT2D eigenvalue weighted by atomic mass is 10.0. The molecule has 2 heterocycles. The fraction of sp³-hybridized carbons (Fsp3) is 0.593. The van der Waals surface area contributed by atoms with Crippen LogP contribution in [-0.4, -0.2) is 85.5 Å². The second kappa shape index (κ2) is 15.0. The third kappa shape index (κ3) is 8.93. The van der Waals surface area contributed by atoms with Crippen molar-refractivity contribution in [2.45, 2.75) is 64.3 Å². The van der Waals surface area contributed by atoms with Crippen molar-refractivity contribution in [3.8, 4) is 0 Å². The molecule has 12 heteroatoms. The van der Waals surface area contributed by atoms with Crippen molar-refractivity contribution in [1.82, 2.24) is 26.2 Å². The first kappa shape index (κ1) is 29.9. The molecule has 2 aliphatic heterocycles. The van der Waals surface area contributed by atoms with Crippen LogP contribution >= 0.6 is 0 Å². The maximum Gasteiger partial charge on any atom is 0.408 e. The minimum atomic E-state index is -1.19. The molecule has 0 radical (unpaired) electrons. The number of nitrogens with zero attached hydrogens (tertiary/aromatic N) is 2. The number of alkyl carbamates (subject to hydrolysis) is 1. The molecule has 3 atom stereocenters. The van der Waals surface area contributed by atoms with Crippen LogP contribution in [0, 0.1) is 5.92 Å². The number of nitrogens with one attached hydrogen (secondary N) is 4. The maximum atomic E-state index is 13.4. The van der Waals surface area contributed by atoms with E-state index in [1.807, 2.05) is 30.3 Å². The number of aliphatic imine (C=N–C) groups is 1. The number of carbonyl (C=O) groups is 4. The number of rotatable bonds is 13. The zero-order chi connectivity index (χ0) is 28.2. The van der Waals surface area contributed by atoms with Crippen molar-refractivity contribution in [2.75, 3.05) is 32.9 Å². The molecule has 0 saturated carbocycles. The van der Waals surface area contributed by atoms with Crippen molar-refractivity contribution in [2.24, 2.45) is 10.9 Å². The summed E-state index contributed by atoms with van der Waals surface area (Å²) in [5, 5.41) is 11.5. The van der Waals surface area contributed by atoms with Gasteiger partial charge in [0.2, 0.25) is 11.8 Å². The Kier molecular flexibility index (Phi) is 11.5. The van der Waals surface area contributed by atoms with E-state index in [1.165, 1.54) is 4.90 Å². The molecular formula is C27H39FN6O5. The topological polar surface area (TPSA) is 141 Å². The summed E-state index contributed by atoms with van der Waals surface area (Å²) in [6, 6.07) is 6.47. The zero-order valence-corrected chi connectivity index (χ0v) is 22.6. The summed E-state index contributed by atoms with van der Waals surface area (Å²) in [7, 11) is 0. The summed E-state index contributed by atoms with van der Waals surface area (Å²) in [4.78, 5) is 57.0. The molecule has 0 bridgehead atoms. The highest BCUT2D eigenvalue weighted by molar-refractivity contribution is 5.95. The van der Waals surface area contributed by atoms with Crippen LogP contribution < -0.4 is 21.3 Å². The van der Waals surface area contributed by atoms with Gasteiger partial charge in [-0.05, 0) is 37.2 Å². The Morgan fingerprint density at radius 1 is 1.18 bits per heavy atom. The number of ether oxygens (including phenoxy) is 1. The minimum absolute atomic E-state index is 0.0601. The van der Waals surface area contributed by atoms with Gasteiger partial charge in [0.15, 0.2) is 11.7 Å². The number of guanidine groups is 1. The molecule has 1 fully saturated rings. The lowest BCUT2D eigenvalue weighted by Crippen LogP contribution is -2.56. The van der Waals surface area contributed by atoms with Gasteiger partial charge in [-0.3, -0.25) is 19.4 Å². The van der Waals surface area contributed by atoms with Crippen molar-refractivity contribution in [1.29, 1.82) is 0 Å². The highest BCUT2D eigenvalue weighted by atomic mass is 19.1. The molecule has 0 aromatic heterocycles. The van der Waals surface area contributed by atoms with Crippen LogP contribution in [0.2, 0.25) is 0 Å². The van der Waals surface area contributed by atoms with E-state index in [-0.39, 0.29) is 18.9 Å². The van der Waals surface area contributed by atoms with Gasteiger partial charge in [-0.15, -0.1) is 0 Å². The molecule has 0 spiro atoms. The van der Waals surface area contributed by atoms with E-state index in [9.17, 15) is 23.6 Å². The van der Waals surface area contributed by atoms with Crippen LogP contribution in [0.3, 0.4) is 0 Å². The highest BCUT2D eigenvalue weighted by Gasteiger charge is 2.39. The Bertz CT molecular complexity index is 1020. The molecule has 4 N–H and O–H groups in total. The third-order valence-electron chi connectivity index (χ3n) is 6.73. The molecule has 0 aliphatic carbocycles. The quantitative estimate of drug-likeness (QED) is 0.273. The lowest BCUT2D eigenvalue weighted by Gasteiger charge is -2.31. The summed E-state index contributed by atoms with van der Waals surface area (Å²) < 4.78 is 18.5. The average molecular weight is 547 g/mol. The van der Waals surface area contributed by atoms with Gasteiger partial charge in [0, 0.05) is 19.6 Å². The number of carbonyl (C=O) groups excluding carboxylic acids is 4. The van der Waals surface area contributed by atoms with Gasteiger partial charge < -0.3 is 30.9 Å². The second-order valence-electron chi connectivity index (χ2n) is 10.0. The molecule has 0 unspecified atom stereocenters. The van der Waals surface area contributed by atoms with Gasteiger partial charge in [-0.1, -0.05) is 44.2 Å². The second-order valence-corrected chi connectivity index (χ2v) is 10.0. The lowest BCUT2D eigenvalue weighted by molar-refractivity contribution is -0.141. The summed E-state index contributed by atoms with van der Waals surface area (Å²) in [6.07, 6.45) is 1.03. The Balaban J connectivity index is 1.55. The van der Waals surface area contributed by atoms with Gasteiger partial charge in [0.05, 0.1) is 12.6 Å². The Labute approximate surface area is 228 Å². The molecule has 2 aliphatic rings. The molecule has 3 rings (SSSR count). The van der Waals surface area contributed by atoms with E-state index in [1.54, 1.807) is 13.8 Å². The number of likely N-dealkylation sites (tertiary alicyclic amines) is 1. The summed E-state index contributed by atoms with van der Waals surface area (Å²) >= 11 is 0. The van der Waals surface area contributed by atoms with Crippen molar-refractivity contribution < 1.29 is 28.3 Å². The van der Waals surface area contributed by atoms with Crippen LogP contribution in [0.5, 0.6) is 0 Å². The number of alkyl halides is 1. The SMILES string of the molecule is CC(C)[C@H](NC(=O)OCc1ccccc1)C(=O)N1CCC[C@H]1C(=O)N[C@@H](CCCNC1=NCCN1)C(=O)CF. The molecule has 39 heavy (non-hydrogen) atoms. The summed E-state index contributed by atoms with van der Waals surface area (Å²) in [5.74, 6) is -1.19. The van der Waals surface area contributed by atoms with Crippen LogP contribution in [0.1, 0.15) is 45.1 Å². The Morgan fingerprint density at radius 3 is 2.62 bits per heavy atom. The monoisotopic (exact) mass is 546 g/mol. The van der Waals surface area contributed by atoms with Gasteiger partial charge in [-0.25, -0.2) is 9.18 Å². The van der Waals surface area contributed by atoms with E-state index in [2.05, 4.69) is 26.3 Å². The Hall–Kier alpha value is -3.70. The van der Waals surface area contributed by atoms with Gasteiger partial charge in [-0.2, -0.15) is 0 Å². The van der Waals surface area contributed by atoms with E-state index in [4.69, 9.17) is 4.74 Å². The maximum absolute atomic E-state index is 13.4. The van der Waals surface area contributed by atoms with Crippen LogP contribution in [-0.2, 0) is 25.7 Å². The molecule has 1 aromatic rings. The smallest absolute Gasteiger partial charge is 0.408 e. The predicted octanol–water partition coefficient (Wildman–Crippen LogP) is 1.28. The molecule has 214 valence electrons. The van der Waals surface area contributed by atoms with E-state index >= 15 is 0 Å². The van der Waals surface area contributed by atoms with Crippen molar-refractivity contribution in [3.63, 3.8) is 0 Å². The summed E-state index contributed by atoms with van der Waals surface area (Å²) in [5.41, 5.74) is 0.813. The number of benzene rings is 1. The van der Waals surface area contributed by atoms with Gasteiger partial charge in [0.1, 0.15) is 25.4 Å². The largest absolute Gasteiger partial charge is 0.445 e. The Morgan fingerprint density at radius 2 is 1.95 bits per heavy atom. The minimum Gasteiger partial charge on any atom is -0.445 e. The third-order valence-corrected chi connectivity index (χ3v) is 6.73. The predicted molar refractivity (Wildman–Crippen MR) is 144 cm³/mol. The molecular weight excluding hydrogens is 507 g/mol. The number of hydrogen-bond donors (Lipinski definition) is 4. The highest BCUT2D eigenvalue weighted by Crippen LogP contribution is 2.21. The molecule has 3 amide bonds. The molecule has 1 aromatic carbocycles. The van der Waals surface area contributed by atoms with E-state index in [0.29, 0.717) is 44.9 Å². The van der Waals surface area contributed by atoms with Gasteiger partial charge >= 0.3 is 6.09 Å². The fourth-order valence-electron chi connectivity index (χ4n) is 4.59. The number of halogens is 1. The molecule has 11 nitrogen and oxygen atoms in total. The standard InChI is InChI=1S/C27H39FN6O5/c1-18(2)23(33-27(38)39-17-19-8-4-3-5-9-19)25(37)34-15-7-11-21(34)24(36)32-20(22(35)16-28)10-6-12-29-26-30-13-14-31-26/h3-5,8-9,18,20-21,23H,6-7,10-17H2,1-2H3,(H,32,36)(H,33,38)(H2,29,30,31)/t20-,21-,23-/m0/s1. The molecule has 1 saturated heterocycles. The number of Topliss-reactive ketones (excluding diaryl/α,β-unsaturated/α-hetero) is 1. The van der Waals surface area contributed by atoms with Gasteiger partial charge in [0.25, 0.3) is 0 Å². The first-order valence-electron chi connectivity index (χ1n) is 13.5. The summed E-state index contributed by atoms with van der Waals surface area (Å²) in [6.45, 7) is 4.76. The van der Waals surface area contributed by atoms with Crippen molar-refractivity contribution in [3.05, 3.63) is 35.9 Å². The zero-order valence-electron chi connectivity index (χ0n) is 22.6. The fourth-order valence-corrected chi connectivity index (χ4v) is 4.59. The van der Waals surface area contributed by atoms with Crippen LogP contribution in [0.4, 0.5) is 9.18 Å². The van der Waals surface area contributed by atoms with E-state index in [0.717, 1.165) is 12.1 Å². The van der Waals surface area contributed by atoms with Crippen molar-refractivity contribution >= 4 is 29.7 Å². The van der Waals surface area contributed by atoms with E-state index < -0.39 is 48.5 Å². The number of hydrogen-bond acceptors (Lipinski definition) is 8. The first-order valence-corrected chi connectivity index (χ1v) is 13.5. The van der Waals surface area contributed by atoms with Crippen LogP contribution in [0.15, 0.2) is 35.3 Å². The van der Waals surface area contributed by atoms with Crippen LogP contribution in [0.25, 0.3) is 0 Å². The average Bonchev–Trinajstić information content (AvgIpc) is 3.64. The number of ketones is 1. The first-order chi connectivity index (χ1) is 18.8. The normalized spacial score (nSPS) is 18.1.